The predicted octanol–water partition coefficient (Wildman–Crippen LogP) is 5.64. The second-order valence-electron chi connectivity index (χ2n) is 9.52. The van der Waals surface area contributed by atoms with Crippen molar-refractivity contribution in [3.05, 3.63) is 105 Å². The molecule has 18 heteroatoms. The molecule has 0 unspecified atom stereocenters. The van der Waals surface area contributed by atoms with E-state index in [1.807, 2.05) is 0 Å². The molecule has 0 saturated heterocycles. The molecular formula is C28H21Cl2F4N9O3. The molecule has 5 rings (SSSR count). The minimum absolute atomic E-state index is 0.0185. The monoisotopic (exact) mass is 677 g/mol. The highest BCUT2D eigenvalue weighted by Gasteiger charge is 2.24. The Hall–Kier alpha value is -5.09. The lowest BCUT2D eigenvalue weighted by Gasteiger charge is -2.15. The average Bonchev–Trinajstić information content (AvgIpc) is 3.65. The Balaban J connectivity index is 1.42. The van der Waals surface area contributed by atoms with Gasteiger partial charge < -0.3 is 15.4 Å². The van der Waals surface area contributed by atoms with Crippen LogP contribution in [0, 0.1) is 6.92 Å². The van der Waals surface area contributed by atoms with E-state index in [1.54, 1.807) is 19.1 Å². The zero-order valence-corrected chi connectivity index (χ0v) is 25.0. The van der Waals surface area contributed by atoms with Gasteiger partial charge in [-0.25, -0.2) is 18.4 Å². The maximum Gasteiger partial charge on any atom is 0.387 e. The number of aryl methyl sites for hydroxylation is 1. The highest BCUT2D eigenvalue weighted by molar-refractivity contribution is 6.32. The van der Waals surface area contributed by atoms with Crippen LogP contribution in [-0.4, -0.2) is 53.4 Å². The van der Waals surface area contributed by atoms with Crippen LogP contribution >= 0.6 is 23.2 Å². The number of pyridine rings is 1. The first-order chi connectivity index (χ1) is 22.0. The van der Waals surface area contributed by atoms with Crippen molar-refractivity contribution in [3.63, 3.8) is 0 Å². The number of tetrazole rings is 1. The first kappa shape index (κ1) is 32.3. The molecular weight excluding hydrogens is 657 g/mol. The van der Waals surface area contributed by atoms with E-state index in [4.69, 9.17) is 23.2 Å². The molecule has 0 aliphatic carbocycles. The third-order valence-electron chi connectivity index (χ3n) is 6.28. The summed E-state index contributed by atoms with van der Waals surface area (Å²) in [7, 11) is 0. The summed E-state index contributed by atoms with van der Waals surface area (Å²) in [5, 5.41) is 20.7. The number of ether oxygens (including phenoxy) is 1. The summed E-state index contributed by atoms with van der Waals surface area (Å²) in [5.41, 5.74) is 1.31. The number of alkyl halides is 4. The van der Waals surface area contributed by atoms with Crippen molar-refractivity contribution in [3.8, 4) is 11.6 Å². The Morgan fingerprint density at radius 2 is 1.76 bits per heavy atom. The summed E-state index contributed by atoms with van der Waals surface area (Å²) >= 11 is 12.6. The van der Waals surface area contributed by atoms with Crippen LogP contribution in [0.2, 0.25) is 10.0 Å². The zero-order valence-electron chi connectivity index (χ0n) is 23.5. The molecule has 0 aliphatic rings. The van der Waals surface area contributed by atoms with Gasteiger partial charge in [0.2, 0.25) is 5.82 Å². The van der Waals surface area contributed by atoms with Gasteiger partial charge in [0.25, 0.3) is 11.8 Å². The van der Waals surface area contributed by atoms with Crippen LogP contribution in [0.5, 0.6) is 5.75 Å². The topological polar surface area (TPSA) is 142 Å². The fourth-order valence-corrected chi connectivity index (χ4v) is 4.73. The molecule has 2 N–H and O–H groups in total. The molecule has 0 spiro atoms. The number of aromatic nitrogens is 7. The van der Waals surface area contributed by atoms with Gasteiger partial charge in [-0.3, -0.25) is 9.59 Å². The second-order valence-corrected chi connectivity index (χ2v) is 10.4. The number of anilines is 1. The third-order valence-corrected chi connectivity index (χ3v) is 6.80. The van der Waals surface area contributed by atoms with E-state index in [0.717, 1.165) is 9.48 Å². The Kier molecular flexibility index (Phi) is 9.77. The highest BCUT2D eigenvalue weighted by Crippen LogP contribution is 2.28. The Morgan fingerprint density at radius 1 is 1.00 bits per heavy atom. The molecule has 3 aromatic heterocycles. The number of hydrogen-bond acceptors (Lipinski definition) is 8. The number of carbonyl (C=O) groups is 2. The van der Waals surface area contributed by atoms with Gasteiger partial charge >= 0.3 is 13.0 Å². The normalized spacial score (nSPS) is 11.2. The molecule has 2 amide bonds. The van der Waals surface area contributed by atoms with Gasteiger partial charge in [0, 0.05) is 17.8 Å². The smallest absolute Gasteiger partial charge is 0.387 e. The number of benzene rings is 2. The van der Waals surface area contributed by atoms with E-state index in [1.165, 1.54) is 48.7 Å². The third kappa shape index (κ3) is 7.58. The lowest BCUT2D eigenvalue weighted by molar-refractivity contribution is -0.0498. The number of rotatable bonds is 11. The van der Waals surface area contributed by atoms with Crippen molar-refractivity contribution in [2.45, 2.75) is 33.1 Å². The Morgan fingerprint density at radius 3 is 2.43 bits per heavy atom. The van der Waals surface area contributed by atoms with E-state index in [2.05, 4.69) is 40.9 Å². The quantitative estimate of drug-likeness (QED) is 0.171. The predicted molar refractivity (Wildman–Crippen MR) is 157 cm³/mol. The fourth-order valence-electron chi connectivity index (χ4n) is 4.25. The number of amides is 2. The van der Waals surface area contributed by atoms with Crippen LogP contribution in [0.4, 0.5) is 23.2 Å². The number of nitrogens with one attached hydrogen (secondary N) is 2. The summed E-state index contributed by atoms with van der Waals surface area (Å²) in [6, 6.07) is 13.1. The van der Waals surface area contributed by atoms with E-state index in [0.29, 0.717) is 11.1 Å². The zero-order chi connectivity index (χ0) is 33.0. The number of carbonyl (C=O) groups excluding carboxylic acids is 2. The van der Waals surface area contributed by atoms with Gasteiger partial charge in [-0.15, -0.1) is 10.2 Å². The van der Waals surface area contributed by atoms with Gasteiger partial charge in [-0.1, -0.05) is 35.3 Å². The standard InChI is InChI=1S/C28H21Cl2F4N9O3/c1-14-9-16(29)10-19(26(44)36-12-15-4-6-18(7-5-15)46-28(33)34)22(14)37-27(45)21-11-17(13-42-40-24(23(31)32)38-41-42)39-43(21)25-20(30)3-2-8-35-25/h2-11,23,28H,12-13H2,1H3,(H,36,44)(H,37,45). The maximum absolute atomic E-state index is 13.8. The van der Waals surface area contributed by atoms with Crippen molar-refractivity contribution in [2.24, 2.45) is 0 Å². The summed E-state index contributed by atoms with van der Waals surface area (Å²) < 4.78 is 56.3. The summed E-state index contributed by atoms with van der Waals surface area (Å²) in [6.07, 6.45) is -1.49. The molecule has 0 saturated carbocycles. The van der Waals surface area contributed by atoms with Crippen LogP contribution < -0.4 is 15.4 Å². The maximum atomic E-state index is 13.8. The summed E-state index contributed by atoms with van der Waals surface area (Å²) in [4.78, 5) is 32.2. The van der Waals surface area contributed by atoms with Crippen LogP contribution in [0.25, 0.3) is 5.82 Å². The van der Waals surface area contributed by atoms with Crippen LogP contribution in [0.15, 0.2) is 60.8 Å². The molecule has 0 bridgehead atoms. The molecule has 238 valence electrons. The van der Waals surface area contributed by atoms with Crippen molar-refractivity contribution in [1.82, 2.24) is 40.3 Å². The van der Waals surface area contributed by atoms with Gasteiger partial charge in [-0.2, -0.15) is 18.7 Å². The van der Waals surface area contributed by atoms with Crippen molar-refractivity contribution < 1.29 is 31.9 Å². The molecule has 0 radical (unpaired) electrons. The van der Waals surface area contributed by atoms with E-state index >= 15 is 0 Å². The molecule has 0 fully saturated rings. The first-order valence-corrected chi connectivity index (χ1v) is 13.9. The minimum atomic E-state index is -2.97. The molecule has 3 heterocycles. The molecule has 12 nitrogen and oxygen atoms in total. The van der Waals surface area contributed by atoms with Gasteiger partial charge in [-0.05, 0) is 65.7 Å². The first-order valence-electron chi connectivity index (χ1n) is 13.2. The van der Waals surface area contributed by atoms with Crippen molar-refractivity contribution in [1.29, 1.82) is 0 Å². The lowest BCUT2D eigenvalue weighted by atomic mass is 10.1. The summed E-state index contributed by atoms with van der Waals surface area (Å²) in [5.74, 6) is -2.04. The average molecular weight is 678 g/mol. The number of nitrogens with zero attached hydrogens (tertiary/aromatic N) is 7. The Bertz CT molecular complexity index is 1880. The Labute approximate surface area is 267 Å². The minimum Gasteiger partial charge on any atom is -0.435 e. The second kappa shape index (κ2) is 13.9. The number of halogens is 6. The molecule has 0 aliphatic heterocycles. The fraction of sp³-hybridized carbons (Fsp3) is 0.179. The van der Waals surface area contributed by atoms with Crippen LogP contribution in [0.3, 0.4) is 0 Å². The van der Waals surface area contributed by atoms with Crippen LogP contribution in [-0.2, 0) is 13.1 Å². The van der Waals surface area contributed by atoms with E-state index in [-0.39, 0.29) is 57.3 Å². The lowest BCUT2D eigenvalue weighted by Crippen LogP contribution is -2.26. The largest absolute Gasteiger partial charge is 0.435 e. The van der Waals surface area contributed by atoms with Crippen molar-refractivity contribution in [2.75, 3.05) is 5.32 Å². The highest BCUT2D eigenvalue weighted by atomic mass is 35.5. The molecule has 2 aromatic carbocycles. The van der Waals surface area contributed by atoms with Crippen molar-refractivity contribution >= 4 is 40.7 Å². The molecule has 46 heavy (non-hydrogen) atoms. The number of hydrogen-bond donors (Lipinski definition) is 2. The van der Waals surface area contributed by atoms with E-state index < -0.39 is 30.7 Å². The summed E-state index contributed by atoms with van der Waals surface area (Å²) in [6.45, 7) is -1.54. The van der Waals surface area contributed by atoms with Gasteiger partial charge in [0.15, 0.2) is 5.82 Å². The molecule has 0 atom stereocenters. The SMILES string of the molecule is Cc1cc(Cl)cc(C(=O)NCc2ccc(OC(F)F)cc2)c1NC(=O)c1cc(Cn2nnc(C(F)F)n2)nn1-c1ncccc1Cl. The van der Waals surface area contributed by atoms with Crippen LogP contribution in [0.1, 0.15) is 49.9 Å². The molecule has 5 aromatic rings. The van der Waals surface area contributed by atoms with Gasteiger partial charge in [0.05, 0.1) is 22.0 Å². The van der Waals surface area contributed by atoms with E-state index in [9.17, 15) is 27.2 Å². The van der Waals surface area contributed by atoms with Gasteiger partial charge in [0.1, 0.15) is 18.0 Å².